The maximum Gasteiger partial charge on any atom is 0.191 e. The Balaban J connectivity index is 1.72. The molecule has 0 unspecified atom stereocenters. The highest BCUT2D eigenvalue weighted by molar-refractivity contribution is 6.30. The van der Waals surface area contributed by atoms with E-state index in [2.05, 4.69) is 15.6 Å². The van der Waals surface area contributed by atoms with E-state index in [0.717, 1.165) is 17.1 Å². The maximum atomic E-state index is 5.92. The van der Waals surface area contributed by atoms with Gasteiger partial charge in [-0.25, -0.2) is 0 Å². The van der Waals surface area contributed by atoms with Gasteiger partial charge in [0.15, 0.2) is 5.96 Å². The van der Waals surface area contributed by atoms with Crippen LogP contribution in [0.25, 0.3) is 0 Å². The van der Waals surface area contributed by atoms with Crippen molar-refractivity contribution in [2.24, 2.45) is 4.99 Å². The molecule has 2 N–H and O–H groups in total. The number of nitrogens with one attached hydrogen (secondary N) is 2. The minimum atomic E-state index is 0.514. The van der Waals surface area contributed by atoms with E-state index < -0.39 is 0 Å². The van der Waals surface area contributed by atoms with Gasteiger partial charge in [-0.2, -0.15) is 0 Å². The first-order chi connectivity index (χ1) is 11.7. The molecule has 2 rings (SSSR count). The van der Waals surface area contributed by atoms with Crippen molar-refractivity contribution in [1.29, 1.82) is 0 Å². The Kier molecular flexibility index (Phi) is 7.23. The van der Waals surface area contributed by atoms with Crippen LogP contribution >= 0.6 is 11.6 Å². The molecule has 5 nitrogen and oxygen atoms in total. The molecule has 0 spiro atoms. The molecule has 0 atom stereocenters. The highest BCUT2D eigenvalue weighted by atomic mass is 35.5. The number of hydrogen-bond acceptors (Lipinski definition) is 3. The summed E-state index contributed by atoms with van der Waals surface area (Å²) in [5, 5.41) is 7.12. The average molecular weight is 348 g/mol. The van der Waals surface area contributed by atoms with Gasteiger partial charge >= 0.3 is 0 Å². The van der Waals surface area contributed by atoms with Crippen molar-refractivity contribution in [3.05, 3.63) is 59.1 Å². The summed E-state index contributed by atoms with van der Waals surface area (Å²) in [6.07, 6.45) is 0. The fourth-order valence-electron chi connectivity index (χ4n) is 2.08. The number of ether oxygens (including phenoxy) is 2. The minimum absolute atomic E-state index is 0.514. The van der Waals surface area contributed by atoms with E-state index in [-0.39, 0.29) is 0 Å². The molecule has 2 aromatic carbocycles. The monoisotopic (exact) mass is 347 g/mol. The van der Waals surface area contributed by atoms with Crippen LogP contribution in [0, 0.1) is 0 Å². The molecular weight excluding hydrogens is 326 g/mol. The molecule has 0 aliphatic heterocycles. The van der Waals surface area contributed by atoms with Gasteiger partial charge in [0.05, 0.1) is 13.7 Å². The Labute approximate surface area is 147 Å². The highest BCUT2D eigenvalue weighted by Gasteiger charge is 2.00. The molecule has 6 heteroatoms. The van der Waals surface area contributed by atoms with E-state index in [1.54, 1.807) is 20.2 Å². The van der Waals surface area contributed by atoms with Crippen LogP contribution in [0.2, 0.25) is 5.02 Å². The summed E-state index contributed by atoms with van der Waals surface area (Å²) in [5.74, 6) is 2.31. The van der Waals surface area contributed by atoms with E-state index in [0.29, 0.717) is 30.7 Å². The van der Waals surface area contributed by atoms with Crippen molar-refractivity contribution >= 4 is 17.6 Å². The third-order valence-corrected chi connectivity index (χ3v) is 3.51. The predicted octanol–water partition coefficient (Wildman–Crippen LogP) is 3.09. The van der Waals surface area contributed by atoms with Crippen molar-refractivity contribution in [2.75, 3.05) is 27.3 Å². The van der Waals surface area contributed by atoms with Crippen LogP contribution in [0.5, 0.6) is 11.5 Å². The second kappa shape index (κ2) is 9.67. The average Bonchev–Trinajstić information content (AvgIpc) is 2.61. The standard InChI is InChI=1S/C18H22ClN3O2/c1-20-18(22-13-14-5-3-7-16(11-14)23-2)21-9-10-24-17-8-4-6-15(19)12-17/h3-8,11-12H,9-10,13H2,1-2H3,(H2,20,21,22). The van der Waals surface area contributed by atoms with E-state index in [9.17, 15) is 0 Å². The molecule has 0 fully saturated rings. The molecule has 0 saturated carbocycles. The molecule has 0 saturated heterocycles. The Morgan fingerprint density at radius 1 is 1.08 bits per heavy atom. The lowest BCUT2D eigenvalue weighted by atomic mass is 10.2. The van der Waals surface area contributed by atoms with Gasteiger partial charge in [-0.15, -0.1) is 0 Å². The molecule has 2 aromatic rings. The molecule has 128 valence electrons. The van der Waals surface area contributed by atoms with Gasteiger partial charge in [-0.1, -0.05) is 29.8 Å². The molecule has 24 heavy (non-hydrogen) atoms. The normalized spacial score (nSPS) is 11.0. The van der Waals surface area contributed by atoms with Crippen LogP contribution < -0.4 is 20.1 Å². The third kappa shape index (κ3) is 6.01. The molecule has 0 aliphatic rings. The van der Waals surface area contributed by atoms with Crippen LogP contribution in [0.1, 0.15) is 5.56 Å². The summed E-state index contributed by atoms with van der Waals surface area (Å²) in [6, 6.07) is 15.2. The second-order valence-corrected chi connectivity index (χ2v) is 5.45. The number of methoxy groups -OCH3 is 1. The number of aliphatic imine (C=N–C) groups is 1. The van der Waals surface area contributed by atoms with Gasteiger partial charge in [0, 0.05) is 18.6 Å². The van der Waals surface area contributed by atoms with E-state index in [1.807, 2.05) is 42.5 Å². The van der Waals surface area contributed by atoms with Crippen molar-refractivity contribution < 1.29 is 9.47 Å². The Hall–Kier alpha value is -2.40. The Morgan fingerprint density at radius 2 is 1.88 bits per heavy atom. The van der Waals surface area contributed by atoms with E-state index in [1.165, 1.54) is 0 Å². The lowest BCUT2D eigenvalue weighted by Gasteiger charge is -2.13. The van der Waals surface area contributed by atoms with Gasteiger partial charge in [0.2, 0.25) is 0 Å². The van der Waals surface area contributed by atoms with Crippen molar-refractivity contribution in [1.82, 2.24) is 10.6 Å². The van der Waals surface area contributed by atoms with E-state index >= 15 is 0 Å². The number of benzene rings is 2. The van der Waals surface area contributed by atoms with Gasteiger partial charge in [-0.05, 0) is 35.9 Å². The summed E-state index contributed by atoms with van der Waals surface area (Å²) in [6.45, 7) is 1.80. The molecule has 0 bridgehead atoms. The number of nitrogens with zero attached hydrogens (tertiary/aromatic N) is 1. The summed E-state index contributed by atoms with van der Waals surface area (Å²) < 4.78 is 10.8. The van der Waals surface area contributed by atoms with Gasteiger partial charge < -0.3 is 20.1 Å². The summed E-state index contributed by atoms with van der Waals surface area (Å²) >= 11 is 5.92. The van der Waals surface area contributed by atoms with Gasteiger partial charge in [0.25, 0.3) is 0 Å². The molecule has 0 aromatic heterocycles. The zero-order valence-electron chi connectivity index (χ0n) is 13.9. The molecule has 0 amide bonds. The number of hydrogen-bond donors (Lipinski definition) is 2. The first kappa shape index (κ1) is 17.9. The Morgan fingerprint density at radius 3 is 2.62 bits per heavy atom. The maximum absolute atomic E-state index is 5.92. The molecular formula is C18H22ClN3O2. The van der Waals surface area contributed by atoms with Crippen LogP contribution in [-0.2, 0) is 6.54 Å². The third-order valence-electron chi connectivity index (χ3n) is 3.28. The lowest BCUT2D eigenvalue weighted by molar-refractivity contribution is 0.322. The van der Waals surface area contributed by atoms with Crippen molar-refractivity contribution in [2.45, 2.75) is 6.54 Å². The van der Waals surface area contributed by atoms with Crippen molar-refractivity contribution in [3.63, 3.8) is 0 Å². The van der Waals surface area contributed by atoms with Gasteiger partial charge in [0.1, 0.15) is 18.1 Å². The predicted molar refractivity (Wildman–Crippen MR) is 98.1 cm³/mol. The zero-order chi connectivity index (χ0) is 17.2. The quantitative estimate of drug-likeness (QED) is 0.459. The summed E-state index contributed by atoms with van der Waals surface area (Å²) in [5.41, 5.74) is 1.12. The molecule has 0 radical (unpaired) electrons. The molecule has 0 heterocycles. The van der Waals surface area contributed by atoms with Crippen LogP contribution in [-0.4, -0.2) is 33.3 Å². The van der Waals surface area contributed by atoms with Crippen molar-refractivity contribution in [3.8, 4) is 11.5 Å². The minimum Gasteiger partial charge on any atom is -0.497 e. The number of guanidine groups is 1. The van der Waals surface area contributed by atoms with E-state index in [4.69, 9.17) is 21.1 Å². The summed E-state index contributed by atoms with van der Waals surface area (Å²) in [7, 11) is 3.39. The summed E-state index contributed by atoms with van der Waals surface area (Å²) in [4.78, 5) is 4.19. The zero-order valence-corrected chi connectivity index (χ0v) is 14.6. The van der Waals surface area contributed by atoms with Crippen LogP contribution in [0.15, 0.2) is 53.5 Å². The Bertz CT molecular complexity index is 677. The largest absolute Gasteiger partial charge is 0.497 e. The fourth-order valence-corrected chi connectivity index (χ4v) is 2.26. The number of halogens is 1. The lowest BCUT2D eigenvalue weighted by Crippen LogP contribution is -2.38. The number of rotatable bonds is 7. The first-order valence-corrected chi connectivity index (χ1v) is 8.05. The smallest absolute Gasteiger partial charge is 0.191 e. The SMILES string of the molecule is CN=C(NCCOc1cccc(Cl)c1)NCc1cccc(OC)c1. The van der Waals surface area contributed by atoms with Crippen LogP contribution in [0.3, 0.4) is 0 Å². The first-order valence-electron chi connectivity index (χ1n) is 7.67. The second-order valence-electron chi connectivity index (χ2n) is 5.01. The fraction of sp³-hybridized carbons (Fsp3) is 0.278. The molecule has 0 aliphatic carbocycles. The van der Waals surface area contributed by atoms with Gasteiger partial charge in [-0.3, -0.25) is 4.99 Å². The van der Waals surface area contributed by atoms with Crippen LogP contribution in [0.4, 0.5) is 0 Å². The highest BCUT2D eigenvalue weighted by Crippen LogP contribution is 2.16. The topological polar surface area (TPSA) is 54.9 Å².